The van der Waals surface area contributed by atoms with Crippen LogP contribution in [0.4, 0.5) is 30.5 Å². The van der Waals surface area contributed by atoms with Crippen molar-refractivity contribution in [3.63, 3.8) is 0 Å². The molecule has 4 aromatic rings. The molecule has 3 heterocycles. The van der Waals surface area contributed by atoms with Gasteiger partial charge in [0.2, 0.25) is 10.0 Å². The first-order valence-electron chi connectivity index (χ1n) is 14.3. The summed E-state index contributed by atoms with van der Waals surface area (Å²) < 4.78 is 79.2. The lowest BCUT2D eigenvalue weighted by Gasteiger charge is -2.19. The lowest BCUT2D eigenvalue weighted by atomic mass is 10.1. The van der Waals surface area contributed by atoms with Gasteiger partial charge in [-0.25, -0.2) is 18.1 Å². The average Bonchev–Trinajstić information content (AvgIpc) is 3.33. The number of sulfonamides is 1. The fraction of sp³-hybridized carbons (Fsp3) is 0.345. The number of aromatic nitrogens is 5. The molecule has 0 saturated carbocycles. The van der Waals surface area contributed by atoms with Crippen LogP contribution in [0.3, 0.4) is 0 Å². The summed E-state index contributed by atoms with van der Waals surface area (Å²) in [5, 5.41) is 7.62. The number of rotatable bonds is 15. The molecule has 4 rings (SSSR count). The highest BCUT2D eigenvalue weighted by Crippen LogP contribution is 2.37. The first kappa shape index (κ1) is 35.3. The van der Waals surface area contributed by atoms with Crippen LogP contribution in [-0.4, -0.2) is 65.7 Å². The van der Waals surface area contributed by atoms with E-state index in [-0.39, 0.29) is 46.6 Å². The highest BCUT2D eigenvalue weighted by molar-refractivity contribution is 7.92. The normalized spacial score (nSPS) is 12.8. The Bertz CT molecular complexity index is 1790. The minimum absolute atomic E-state index is 0.0569. The van der Waals surface area contributed by atoms with Crippen molar-refractivity contribution in [3.05, 3.63) is 72.4 Å². The van der Waals surface area contributed by atoms with Gasteiger partial charge in [-0.3, -0.25) is 19.5 Å². The molecule has 4 N–H and O–H groups in total. The standard InChI is InChI=1S/C29H35F3N8O5SSi/c1-19(21-7-5-6-10-35-21)45-23-15-20(8-9-22(23)39-46(42,43)17-29(30,31)32)26-25(27(33)41)28(37-24-16-34-11-12-36-24)40(38-26)18-44-13-14-47(2,3)4/h5-12,15-16,19,39H,13-14,17-18H2,1-4H3,(H2,33,41)(H,36,37)/t19-/m0/s1. The van der Waals surface area contributed by atoms with Gasteiger partial charge in [-0.15, -0.1) is 0 Å². The van der Waals surface area contributed by atoms with Crippen molar-refractivity contribution < 1.29 is 35.9 Å². The molecule has 0 aliphatic heterocycles. The molecule has 252 valence electrons. The molecule has 0 aliphatic carbocycles. The zero-order valence-electron chi connectivity index (χ0n) is 26.1. The largest absolute Gasteiger partial charge is 0.482 e. The van der Waals surface area contributed by atoms with E-state index in [4.69, 9.17) is 15.2 Å². The van der Waals surface area contributed by atoms with E-state index >= 15 is 0 Å². The van der Waals surface area contributed by atoms with Crippen LogP contribution in [0.25, 0.3) is 11.3 Å². The molecule has 0 spiro atoms. The van der Waals surface area contributed by atoms with Gasteiger partial charge >= 0.3 is 6.18 Å². The number of nitrogens with two attached hydrogens (primary N) is 1. The van der Waals surface area contributed by atoms with Crippen molar-refractivity contribution in [2.24, 2.45) is 5.73 Å². The molecule has 47 heavy (non-hydrogen) atoms. The predicted molar refractivity (Wildman–Crippen MR) is 172 cm³/mol. The summed E-state index contributed by atoms with van der Waals surface area (Å²) in [6, 6.07) is 9.89. The minimum Gasteiger partial charge on any atom is -0.482 e. The van der Waals surface area contributed by atoms with E-state index in [2.05, 4.69) is 45.0 Å². The van der Waals surface area contributed by atoms with Gasteiger partial charge in [0.15, 0.2) is 5.75 Å². The van der Waals surface area contributed by atoms with E-state index in [1.54, 1.807) is 25.1 Å². The molecule has 3 aromatic heterocycles. The van der Waals surface area contributed by atoms with E-state index < -0.39 is 42.0 Å². The number of ether oxygens (including phenoxy) is 2. The third-order valence-electron chi connectivity index (χ3n) is 6.50. The molecule has 1 amide bonds. The highest BCUT2D eigenvalue weighted by atomic mass is 32.2. The topological polar surface area (TPSA) is 176 Å². The zero-order valence-corrected chi connectivity index (χ0v) is 27.9. The minimum atomic E-state index is -4.99. The van der Waals surface area contributed by atoms with E-state index in [0.29, 0.717) is 12.3 Å². The fourth-order valence-electron chi connectivity index (χ4n) is 4.27. The lowest BCUT2D eigenvalue weighted by molar-refractivity contribution is -0.106. The van der Waals surface area contributed by atoms with Crippen molar-refractivity contribution in [2.45, 2.75) is 51.6 Å². The number of hydrogen-bond acceptors (Lipinski definition) is 10. The summed E-state index contributed by atoms with van der Waals surface area (Å²) in [5.41, 5.74) is 6.30. The molecule has 0 radical (unpaired) electrons. The van der Waals surface area contributed by atoms with Crippen molar-refractivity contribution >= 4 is 41.3 Å². The number of anilines is 3. The second kappa shape index (κ2) is 14.5. The number of amides is 1. The molecule has 0 saturated heterocycles. The third kappa shape index (κ3) is 10.2. The van der Waals surface area contributed by atoms with Crippen LogP contribution in [-0.2, 0) is 21.5 Å². The average molecular weight is 693 g/mol. The predicted octanol–water partition coefficient (Wildman–Crippen LogP) is 5.33. The van der Waals surface area contributed by atoms with Crippen molar-refractivity contribution in [1.29, 1.82) is 0 Å². The van der Waals surface area contributed by atoms with Crippen LogP contribution >= 0.6 is 0 Å². The van der Waals surface area contributed by atoms with E-state index in [9.17, 15) is 26.4 Å². The number of pyridine rings is 1. The smallest absolute Gasteiger partial charge is 0.404 e. The molecule has 18 heteroatoms. The highest BCUT2D eigenvalue weighted by Gasteiger charge is 2.36. The van der Waals surface area contributed by atoms with Crippen LogP contribution < -0.4 is 20.5 Å². The Balaban J connectivity index is 1.81. The molecular formula is C29H35F3N8O5SSi. The van der Waals surface area contributed by atoms with E-state index in [1.165, 1.54) is 47.7 Å². The van der Waals surface area contributed by atoms with Gasteiger partial charge in [0.05, 0.1) is 17.6 Å². The van der Waals surface area contributed by atoms with Crippen LogP contribution in [0.1, 0.15) is 29.1 Å². The number of halogens is 3. The summed E-state index contributed by atoms with van der Waals surface area (Å²) in [6.45, 7) is 8.62. The number of primary amides is 1. The summed E-state index contributed by atoms with van der Waals surface area (Å²) in [4.78, 5) is 25.4. The molecule has 0 fully saturated rings. The second-order valence-electron chi connectivity index (χ2n) is 11.7. The van der Waals surface area contributed by atoms with Crippen LogP contribution in [0, 0.1) is 0 Å². The number of nitrogens with one attached hydrogen (secondary N) is 2. The van der Waals surface area contributed by atoms with Crippen molar-refractivity contribution in [3.8, 4) is 17.0 Å². The quantitative estimate of drug-likeness (QED) is 0.109. The molecule has 1 aromatic carbocycles. The third-order valence-corrected chi connectivity index (χ3v) is 9.44. The molecule has 0 aliphatic rings. The first-order chi connectivity index (χ1) is 22.0. The van der Waals surface area contributed by atoms with Crippen LogP contribution in [0.15, 0.2) is 61.2 Å². The van der Waals surface area contributed by atoms with Gasteiger partial charge in [-0.05, 0) is 37.2 Å². The van der Waals surface area contributed by atoms with Gasteiger partial charge in [0, 0.05) is 38.8 Å². The van der Waals surface area contributed by atoms with Gasteiger partial charge < -0.3 is 20.5 Å². The van der Waals surface area contributed by atoms with Crippen LogP contribution in [0.2, 0.25) is 25.7 Å². The second-order valence-corrected chi connectivity index (χ2v) is 19.0. The SMILES string of the molecule is C[C@H](Oc1cc(-c2nn(COCC[Si](C)(C)C)c(Nc3cnccn3)c2C(N)=O)ccc1NS(=O)(=O)CC(F)(F)F)c1ccccn1. The Morgan fingerprint density at radius 1 is 1.11 bits per heavy atom. The molecule has 0 unspecified atom stereocenters. The summed E-state index contributed by atoms with van der Waals surface area (Å²) in [6.07, 6.45) is 0.131. The van der Waals surface area contributed by atoms with E-state index in [0.717, 1.165) is 6.04 Å². The number of benzene rings is 1. The number of hydrogen-bond donors (Lipinski definition) is 3. The molecular weight excluding hydrogens is 658 g/mol. The van der Waals surface area contributed by atoms with Gasteiger partial charge in [-0.1, -0.05) is 31.8 Å². The zero-order chi connectivity index (χ0) is 34.4. The Morgan fingerprint density at radius 3 is 2.49 bits per heavy atom. The van der Waals surface area contributed by atoms with Gasteiger partial charge in [0.1, 0.15) is 41.5 Å². The maximum atomic E-state index is 13.0. The Kier molecular flexibility index (Phi) is 10.9. The monoisotopic (exact) mass is 692 g/mol. The molecule has 0 bridgehead atoms. The number of nitrogens with zero attached hydrogens (tertiary/aromatic N) is 5. The van der Waals surface area contributed by atoms with Crippen molar-refractivity contribution in [1.82, 2.24) is 24.7 Å². The van der Waals surface area contributed by atoms with Gasteiger partial charge in [-0.2, -0.15) is 18.3 Å². The lowest BCUT2D eigenvalue weighted by Crippen LogP contribution is -2.28. The van der Waals surface area contributed by atoms with Crippen molar-refractivity contribution in [2.75, 3.05) is 22.4 Å². The summed E-state index contributed by atoms with van der Waals surface area (Å²) in [5.74, 6) is -2.68. The van der Waals surface area contributed by atoms with E-state index in [1.807, 2.05) is 4.72 Å². The first-order valence-corrected chi connectivity index (χ1v) is 19.7. The molecule has 1 atom stereocenters. The maximum Gasteiger partial charge on any atom is 0.404 e. The Morgan fingerprint density at radius 2 is 1.87 bits per heavy atom. The van der Waals surface area contributed by atoms with Gasteiger partial charge in [0.25, 0.3) is 5.91 Å². The maximum absolute atomic E-state index is 13.0. The fourth-order valence-corrected chi connectivity index (χ4v) is 6.03. The Labute approximate surface area is 270 Å². The number of alkyl halides is 3. The Hall–Kier alpha value is -4.55. The number of carbonyl (C=O) groups excluding carboxylic acids is 1. The number of carbonyl (C=O) groups is 1. The summed E-state index contributed by atoms with van der Waals surface area (Å²) >= 11 is 0. The van der Waals surface area contributed by atoms with Crippen LogP contribution in [0.5, 0.6) is 5.75 Å². The molecule has 13 nitrogen and oxygen atoms in total. The summed E-state index contributed by atoms with van der Waals surface area (Å²) in [7, 11) is -6.29.